The summed E-state index contributed by atoms with van der Waals surface area (Å²) in [5.41, 5.74) is 3.53. The Morgan fingerprint density at radius 3 is 2.72 bits per heavy atom. The van der Waals surface area contributed by atoms with E-state index >= 15 is 0 Å². The van der Waals surface area contributed by atoms with Crippen LogP contribution in [0.15, 0.2) is 46.2 Å². The van der Waals surface area contributed by atoms with E-state index in [1.54, 1.807) is 7.11 Å². The summed E-state index contributed by atoms with van der Waals surface area (Å²) in [5.74, 6) is 0.765. The van der Waals surface area contributed by atoms with Crippen molar-refractivity contribution in [3.63, 3.8) is 0 Å². The average Bonchev–Trinajstić information content (AvgIpc) is 3.32. The summed E-state index contributed by atoms with van der Waals surface area (Å²) >= 11 is 0. The lowest BCUT2D eigenvalue weighted by atomic mass is 10.0. The molecule has 1 saturated heterocycles. The van der Waals surface area contributed by atoms with Gasteiger partial charge in [-0.2, -0.15) is 0 Å². The number of nitrogens with zero attached hydrogens (tertiary/aromatic N) is 1. The minimum atomic E-state index is -1.19. The van der Waals surface area contributed by atoms with Gasteiger partial charge in [-0.15, -0.1) is 0 Å². The largest absolute Gasteiger partial charge is 0.495 e. The second-order valence-corrected chi connectivity index (χ2v) is 7.69. The highest BCUT2D eigenvalue weighted by Gasteiger charge is 2.28. The molecule has 0 amide bonds. The van der Waals surface area contributed by atoms with Gasteiger partial charge in [0.05, 0.1) is 22.8 Å². The third kappa shape index (κ3) is 3.24. The first kappa shape index (κ1) is 18.1. The molecule has 3 aliphatic rings. The molecule has 134 valence electrons. The molecule has 4 nitrogen and oxygen atoms in total. The number of nitrogens with one attached hydrogen (secondary N) is 1. The Morgan fingerprint density at radius 2 is 2.04 bits per heavy atom. The second kappa shape index (κ2) is 7.28. The predicted octanol–water partition coefficient (Wildman–Crippen LogP) is 3.44. The summed E-state index contributed by atoms with van der Waals surface area (Å²) in [6.07, 6.45) is 0. The Bertz CT molecular complexity index is 789. The summed E-state index contributed by atoms with van der Waals surface area (Å²) in [7, 11) is 0.445. The SMILES string of the molecule is C.CCN1CCNCC1c1ccc(S(=O)c2cc3cc-3c2OC)cc1. The van der Waals surface area contributed by atoms with Crippen molar-refractivity contribution in [1.82, 2.24) is 10.2 Å². The normalized spacial score (nSPS) is 19.8. The molecule has 1 aromatic rings. The Kier molecular flexibility index (Phi) is 5.27. The van der Waals surface area contributed by atoms with E-state index in [4.69, 9.17) is 4.74 Å². The Balaban J connectivity index is 0.00000182. The lowest BCUT2D eigenvalue weighted by molar-refractivity contribution is 0.171. The van der Waals surface area contributed by atoms with Crippen molar-refractivity contribution in [2.24, 2.45) is 0 Å². The van der Waals surface area contributed by atoms with Crippen LogP contribution < -0.4 is 10.1 Å². The van der Waals surface area contributed by atoms with E-state index < -0.39 is 10.8 Å². The fourth-order valence-electron chi connectivity index (χ4n) is 3.52. The van der Waals surface area contributed by atoms with Gasteiger partial charge >= 0.3 is 0 Å². The minimum Gasteiger partial charge on any atom is -0.495 e. The van der Waals surface area contributed by atoms with Gasteiger partial charge in [-0.3, -0.25) is 4.90 Å². The first-order valence-electron chi connectivity index (χ1n) is 8.42. The van der Waals surface area contributed by atoms with E-state index in [1.807, 2.05) is 18.2 Å². The van der Waals surface area contributed by atoms with Crippen LogP contribution >= 0.6 is 0 Å². The highest BCUT2D eigenvalue weighted by Crippen LogP contribution is 2.49. The van der Waals surface area contributed by atoms with Crippen molar-refractivity contribution in [2.75, 3.05) is 33.3 Å². The van der Waals surface area contributed by atoms with Gasteiger partial charge in [-0.1, -0.05) is 26.5 Å². The molecule has 2 unspecified atom stereocenters. The van der Waals surface area contributed by atoms with Gasteiger partial charge in [0, 0.05) is 36.1 Å². The molecule has 2 aliphatic carbocycles. The van der Waals surface area contributed by atoms with Gasteiger partial charge in [-0.05, 0) is 41.9 Å². The van der Waals surface area contributed by atoms with Gasteiger partial charge in [0.15, 0.2) is 0 Å². The monoisotopic (exact) mass is 358 g/mol. The molecule has 2 atom stereocenters. The van der Waals surface area contributed by atoms with Crippen LogP contribution in [0.25, 0.3) is 11.1 Å². The zero-order valence-electron chi connectivity index (χ0n) is 14.0. The maximum atomic E-state index is 12.9. The number of piperazine rings is 1. The Morgan fingerprint density at radius 1 is 1.28 bits per heavy atom. The molecule has 0 bridgehead atoms. The fourth-order valence-corrected chi connectivity index (χ4v) is 4.75. The number of likely N-dealkylation sites (N-methyl/N-ethyl adjacent to an activating group) is 1. The van der Waals surface area contributed by atoms with Crippen LogP contribution in [0.1, 0.15) is 26.0 Å². The first-order chi connectivity index (χ1) is 11.7. The topological polar surface area (TPSA) is 41.6 Å². The molecule has 5 heteroatoms. The van der Waals surface area contributed by atoms with Crippen LogP contribution in [0.5, 0.6) is 5.75 Å². The summed E-state index contributed by atoms with van der Waals surface area (Å²) in [5, 5.41) is 3.46. The van der Waals surface area contributed by atoms with E-state index in [0.29, 0.717) is 6.04 Å². The number of ether oxygens (including phenoxy) is 1. The molecule has 1 fully saturated rings. The lowest BCUT2D eigenvalue weighted by Gasteiger charge is -2.35. The van der Waals surface area contributed by atoms with Gasteiger partial charge in [0.2, 0.25) is 0 Å². The number of methoxy groups -OCH3 is 1. The number of rotatable bonds is 5. The molecule has 4 rings (SSSR count). The van der Waals surface area contributed by atoms with Crippen molar-refractivity contribution >= 4 is 10.8 Å². The van der Waals surface area contributed by atoms with Crippen LogP contribution in [-0.2, 0) is 10.8 Å². The molecular formula is C20H26N2O2S. The van der Waals surface area contributed by atoms with E-state index in [9.17, 15) is 4.21 Å². The number of hydrogen-bond donors (Lipinski definition) is 1. The molecule has 0 aromatic heterocycles. The molecule has 1 N–H and O–H groups in total. The summed E-state index contributed by atoms with van der Waals surface area (Å²) < 4.78 is 18.3. The van der Waals surface area contributed by atoms with Crippen LogP contribution in [0.3, 0.4) is 0 Å². The highest BCUT2D eigenvalue weighted by molar-refractivity contribution is 7.85. The van der Waals surface area contributed by atoms with E-state index in [0.717, 1.165) is 52.8 Å². The molecule has 0 radical (unpaired) electrons. The molecule has 1 heterocycles. The van der Waals surface area contributed by atoms with Crippen molar-refractivity contribution in [3.05, 3.63) is 42.0 Å². The maximum absolute atomic E-state index is 12.9. The van der Waals surface area contributed by atoms with E-state index in [-0.39, 0.29) is 7.43 Å². The van der Waals surface area contributed by atoms with Crippen LogP contribution in [-0.4, -0.2) is 42.4 Å². The minimum absolute atomic E-state index is 0. The highest BCUT2D eigenvalue weighted by atomic mass is 32.2. The fraction of sp³-hybridized carbons (Fsp3) is 0.400. The lowest BCUT2D eigenvalue weighted by Crippen LogP contribution is -2.45. The summed E-state index contributed by atoms with van der Waals surface area (Å²) in [4.78, 5) is 4.09. The molecular weight excluding hydrogens is 332 g/mol. The zero-order chi connectivity index (χ0) is 16.7. The number of fused-ring (bicyclic) bond motifs is 1. The van der Waals surface area contributed by atoms with Crippen molar-refractivity contribution in [2.45, 2.75) is 30.2 Å². The summed E-state index contributed by atoms with van der Waals surface area (Å²) in [6.45, 7) is 6.34. The van der Waals surface area contributed by atoms with E-state index in [1.165, 1.54) is 5.56 Å². The van der Waals surface area contributed by atoms with Crippen molar-refractivity contribution < 1.29 is 8.95 Å². The molecule has 1 aliphatic heterocycles. The third-order valence-corrected chi connectivity index (χ3v) is 6.33. The third-order valence-electron chi connectivity index (χ3n) is 4.93. The zero-order valence-corrected chi connectivity index (χ0v) is 14.9. The van der Waals surface area contributed by atoms with Crippen LogP contribution in [0.4, 0.5) is 0 Å². The Labute approximate surface area is 152 Å². The Hall–Kier alpha value is -1.69. The van der Waals surface area contributed by atoms with Crippen molar-refractivity contribution in [3.8, 4) is 16.9 Å². The average molecular weight is 359 g/mol. The van der Waals surface area contributed by atoms with Gasteiger partial charge in [0.25, 0.3) is 0 Å². The van der Waals surface area contributed by atoms with Gasteiger partial charge in [-0.25, -0.2) is 4.21 Å². The first-order valence-corrected chi connectivity index (χ1v) is 9.56. The molecule has 0 saturated carbocycles. The maximum Gasteiger partial charge on any atom is 0.143 e. The molecule has 0 spiro atoms. The van der Waals surface area contributed by atoms with Gasteiger partial charge in [0.1, 0.15) is 5.75 Å². The predicted molar refractivity (Wildman–Crippen MR) is 103 cm³/mol. The van der Waals surface area contributed by atoms with Gasteiger partial charge < -0.3 is 10.1 Å². The quantitative estimate of drug-likeness (QED) is 0.759. The van der Waals surface area contributed by atoms with Crippen molar-refractivity contribution in [1.29, 1.82) is 0 Å². The van der Waals surface area contributed by atoms with Crippen LogP contribution in [0, 0.1) is 0 Å². The summed E-state index contributed by atoms with van der Waals surface area (Å²) in [6, 6.07) is 12.6. The number of hydrogen-bond acceptors (Lipinski definition) is 4. The standard InChI is InChI=1S/C19H22N2O2S.CH4/c1-3-21-9-8-20-12-17(21)13-4-6-15(7-5-13)24(22)18-11-14-10-16(14)19(18)23-2;/h4-7,10-11,17,20H,3,8-9,12H2,1-2H3;1H4. The molecule has 25 heavy (non-hydrogen) atoms. The number of benzene rings is 2. The van der Waals surface area contributed by atoms with Crippen LogP contribution in [0.2, 0.25) is 0 Å². The smallest absolute Gasteiger partial charge is 0.143 e. The second-order valence-electron chi connectivity index (χ2n) is 6.24. The molecule has 1 aromatic carbocycles. The van der Waals surface area contributed by atoms with E-state index in [2.05, 4.69) is 35.3 Å².